The van der Waals surface area contributed by atoms with Gasteiger partial charge < -0.3 is 15.4 Å². The van der Waals surface area contributed by atoms with E-state index in [0.29, 0.717) is 24.6 Å². The van der Waals surface area contributed by atoms with Gasteiger partial charge in [0.15, 0.2) is 0 Å². The molecule has 0 aromatic heterocycles. The van der Waals surface area contributed by atoms with Crippen LogP contribution in [0.4, 0.5) is 5.69 Å². The minimum atomic E-state index is 0.194. The van der Waals surface area contributed by atoms with Gasteiger partial charge in [0.2, 0.25) is 5.91 Å². The molecule has 1 aromatic rings. The van der Waals surface area contributed by atoms with Crippen molar-refractivity contribution < 1.29 is 9.53 Å². The van der Waals surface area contributed by atoms with Crippen LogP contribution in [0.5, 0.6) is 5.75 Å². The summed E-state index contributed by atoms with van der Waals surface area (Å²) < 4.78 is 5.66. The number of hydrogen-bond acceptors (Lipinski definition) is 3. The van der Waals surface area contributed by atoms with E-state index in [0.717, 1.165) is 25.3 Å². The predicted octanol–water partition coefficient (Wildman–Crippen LogP) is 2.93. The Balaban J connectivity index is 1.74. The quantitative estimate of drug-likeness (QED) is 0.670. The highest BCUT2D eigenvalue weighted by Crippen LogP contribution is 2.34. The zero-order chi connectivity index (χ0) is 15.5. The van der Waals surface area contributed by atoms with E-state index < -0.39 is 0 Å². The number of nitrogen functional groups attached to an aromatic ring is 1. The van der Waals surface area contributed by atoms with E-state index >= 15 is 0 Å². The first-order valence-corrected chi connectivity index (χ1v) is 7.63. The highest BCUT2D eigenvalue weighted by Gasteiger charge is 2.36. The van der Waals surface area contributed by atoms with Gasteiger partial charge in [0.05, 0.1) is 12.3 Å². The minimum absolute atomic E-state index is 0.194. The molecule has 0 aliphatic carbocycles. The normalized spacial score (nSPS) is 19.1. The van der Waals surface area contributed by atoms with Gasteiger partial charge in [-0.15, -0.1) is 0 Å². The molecule has 2 N–H and O–H groups in total. The fourth-order valence-electron chi connectivity index (χ4n) is 2.62. The molecule has 1 atom stereocenters. The van der Waals surface area contributed by atoms with Crippen LogP contribution in [-0.4, -0.2) is 30.5 Å². The fourth-order valence-corrected chi connectivity index (χ4v) is 2.62. The molecular formula is C17H26N2O2. The number of anilines is 1. The Morgan fingerprint density at radius 1 is 1.33 bits per heavy atom. The van der Waals surface area contributed by atoms with Crippen LogP contribution in [0, 0.1) is 11.3 Å². The van der Waals surface area contributed by atoms with Gasteiger partial charge in [-0.2, -0.15) is 0 Å². The van der Waals surface area contributed by atoms with Crippen molar-refractivity contribution in [2.75, 3.05) is 25.4 Å². The number of hydrogen-bond donors (Lipinski definition) is 1. The molecule has 1 fully saturated rings. The maximum atomic E-state index is 12.0. The first kappa shape index (κ1) is 15.7. The summed E-state index contributed by atoms with van der Waals surface area (Å²) in [5.74, 6) is 1.45. The third-order valence-corrected chi connectivity index (χ3v) is 4.19. The van der Waals surface area contributed by atoms with Gasteiger partial charge in [0, 0.05) is 19.5 Å². The lowest BCUT2D eigenvalue weighted by atomic mass is 9.80. The van der Waals surface area contributed by atoms with Crippen molar-refractivity contribution in [3.63, 3.8) is 0 Å². The maximum Gasteiger partial charge on any atom is 0.222 e. The topological polar surface area (TPSA) is 55.6 Å². The molecule has 1 heterocycles. The zero-order valence-electron chi connectivity index (χ0n) is 13.3. The first-order chi connectivity index (χ1) is 9.88. The average molecular weight is 290 g/mol. The van der Waals surface area contributed by atoms with E-state index in [1.165, 1.54) is 0 Å². The Bertz CT molecular complexity index is 494. The zero-order valence-corrected chi connectivity index (χ0v) is 13.3. The minimum Gasteiger partial charge on any atom is -0.491 e. The molecule has 0 bridgehead atoms. The van der Waals surface area contributed by atoms with E-state index in [1.807, 2.05) is 29.2 Å². The van der Waals surface area contributed by atoms with Crippen LogP contribution in [0.15, 0.2) is 24.3 Å². The molecule has 1 unspecified atom stereocenters. The molecule has 2 rings (SSSR count). The molecule has 0 radical (unpaired) electrons. The summed E-state index contributed by atoms with van der Waals surface area (Å²) >= 11 is 0. The summed E-state index contributed by atoms with van der Waals surface area (Å²) in [6.45, 7) is 8.83. The SMILES string of the molecule is CC(C)(C)C1CC(=O)N(CCCOc2ccccc2N)C1. The highest BCUT2D eigenvalue weighted by atomic mass is 16.5. The molecule has 4 nitrogen and oxygen atoms in total. The number of likely N-dealkylation sites (tertiary alicyclic amines) is 1. The molecule has 1 aromatic carbocycles. The number of amides is 1. The molecule has 4 heteroatoms. The maximum absolute atomic E-state index is 12.0. The van der Waals surface area contributed by atoms with Crippen molar-refractivity contribution in [3.8, 4) is 5.75 Å². The van der Waals surface area contributed by atoms with Gasteiger partial charge in [0.25, 0.3) is 0 Å². The number of para-hydroxylation sites is 2. The number of nitrogens with zero attached hydrogens (tertiary/aromatic N) is 1. The van der Waals surface area contributed by atoms with Crippen LogP contribution in [0.2, 0.25) is 0 Å². The molecule has 1 saturated heterocycles. The second-order valence-corrected chi connectivity index (χ2v) is 6.85. The van der Waals surface area contributed by atoms with Gasteiger partial charge in [-0.05, 0) is 29.9 Å². The van der Waals surface area contributed by atoms with Gasteiger partial charge >= 0.3 is 0 Å². The molecule has 1 amide bonds. The van der Waals surface area contributed by atoms with Crippen molar-refractivity contribution in [1.82, 2.24) is 4.90 Å². The van der Waals surface area contributed by atoms with Crippen LogP contribution in [0.25, 0.3) is 0 Å². The van der Waals surface area contributed by atoms with E-state index in [2.05, 4.69) is 20.8 Å². The smallest absolute Gasteiger partial charge is 0.222 e. The Labute approximate surface area is 127 Å². The monoisotopic (exact) mass is 290 g/mol. The van der Waals surface area contributed by atoms with Crippen LogP contribution in [-0.2, 0) is 4.79 Å². The molecule has 0 saturated carbocycles. The predicted molar refractivity (Wildman–Crippen MR) is 85.1 cm³/mol. The molecule has 1 aliphatic rings. The Morgan fingerprint density at radius 2 is 2.05 bits per heavy atom. The fraction of sp³-hybridized carbons (Fsp3) is 0.588. The number of benzene rings is 1. The number of nitrogens with two attached hydrogens (primary N) is 1. The van der Waals surface area contributed by atoms with Crippen molar-refractivity contribution in [2.45, 2.75) is 33.6 Å². The van der Waals surface area contributed by atoms with Crippen LogP contribution in [0.1, 0.15) is 33.6 Å². The molecule has 21 heavy (non-hydrogen) atoms. The number of carbonyl (C=O) groups is 1. The van der Waals surface area contributed by atoms with Crippen LogP contribution in [0.3, 0.4) is 0 Å². The van der Waals surface area contributed by atoms with E-state index in [4.69, 9.17) is 10.5 Å². The summed E-state index contributed by atoms with van der Waals surface area (Å²) in [5.41, 5.74) is 6.67. The van der Waals surface area contributed by atoms with Crippen molar-refractivity contribution in [1.29, 1.82) is 0 Å². The lowest BCUT2D eigenvalue weighted by Crippen LogP contribution is -2.29. The Morgan fingerprint density at radius 3 is 2.67 bits per heavy atom. The number of carbonyl (C=O) groups excluding carboxylic acids is 1. The van der Waals surface area contributed by atoms with Crippen molar-refractivity contribution in [3.05, 3.63) is 24.3 Å². The third-order valence-electron chi connectivity index (χ3n) is 4.19. The van der Waals surface area contributed by atoms with E-state index in [1.54, 1.807) is 0 Å². The standard InChI is InChI=1S/C17H26N2O2/c1-17(2,3)13-11-16(20)19(12-13)9-6-10-21-15-8-5-4-7-14(15)18/h4-5,7-8,13H,6,9-12,18H2,1-3H3. The van der Waals surface area contributed by atoms with E-state index in [9.17, 15) is 4.79 Å². The first-order valence-electron chi connectivity index (χ1n) is 7.63. The number of ether oxygens (including phenoxy) is 1. The molecule has 0 spiro atoms. The van der Waals surface area contributed by atoms with Crippen molar-refractivity contribution in [2.24, 2.45) is 11.3 Å². The Hall–Kier alpha value is -1.71. The highest BCUT2D eigenvalue weighted by molar-refractivity contribution is 5.78. The molecule has 116 valence electrons. The van der Waals surface area contributed by atoms with Gasteiger partial charge in [-0.1, -0.05) is 32.9 Å². The molecule has 1 aliphatic heterocycles. The molecular weight excluding hydrogens is 264 g/mol. The summed E-state index contributed by atoms with van der Waals surface area (Å²) in [7, 11) is 0. The second kappa shape index (κ2) is 6.37. The van der Waals surface area contributed by atoms with E-state index in [-0.39, 0.29) is 11.3 Å². The average Bonchev–Trinajstić information content (AvgIpc) is 2.78. The Kier molecular flexibility index (Phi) is 4.76. The third kappa shape index (κ3) is 4.13. The largest absolute Gasteiger partial charge is 0.491 e. The lowest BCUT2D eigenvalue weighted by molar-refractivity contribution is -0.127. The summed E-state index contributed by atoms with van der Waals surface area (Å²) in [5, 5.41) is 0. The second-order valence-electron chi connectivity index (χ2n) is 6.85. The number of rotatable bonds is 5. The lowest BCUT2D eigenvalue weighted by Gasteiger charge is -2.26. The van der Waals surface area contributed by atoms with Crippen LogP contribution < -0.4 is 10.5 Å². The van der Waals surface area contributed by atoms with Gasteiger partial charge in [0.1, 0.15) is 5.75 Å². The van der Waals surface area contributed by atoms with Crippen molar-refractivity contribution >= 4 is 11.6 Å². The van der Waals surface area contributed by atoms with Gasteiger partial charge in [-0.3, -0.25) is 4.79 Å². The van der Waals surface area contributed by atoms with Crippen LogP contribution >= 0.6 is 0 Å². The summed E-state index contributed by atoms with van der Waals surface area (Å²) in [6, 6.07) is 7.49. The summed E-state index contributed by atoms with van der Waals surface area (Å²) in [6.07, 6.45) is 1.51. The summed E-state index contributed by atoms with van der Waals surface area (Å²) in [4.78, 5) is 14.0. The van der Waals surface area contributed by atoms with Gasteiger partial charge in [-0.25, -0.2) is 0 Å².